The summed E-state index contributed by atoms with van der Waals surface area (Å²) in [5.41, 5.74) is 0.645. The van der Waals surface area contributed by atoms with Crippen LogP contribution in [0.25, 0.3) is 0 Å². The van der Waals surface area contributed by atoms with Crippen LogP contribution in [0.1, 0.15) is 37.7 Å². The van der Waals surface area contributed by atoms with Gasteiger partial charge in [0.15, 0.2) is 6.29 Å². The Hall–Kier alpha value is -0.980. The molecule has 0 amide bonds. The summed E-state index contributed by atoms with van der Waals surface area (Å²) in [6, 6.07) is 1.50. The molecule has 1 aliphatic rings. The summed E-state index contributed by atoms with van der Waals surface area (Å²) in [6.45, 7) is 0.887. The highest BCUT2D eigenvalue weighted by Gasteiger charge is 2.18. The summed E-state index contributed by atoms with van der Waals surface area (Å²) in [7, 11) is -8.11. The molecule has 1 atom stereocenters. The van der Waals surface area contributed by atoms with Gasteiger partial charge >= 0.3 is 10.1 Å². The van der Waals surface area contributed by atoms with Gasteiger partial charge < -0.3 is 13.7 Å². The Morgan fingerprint density at radius 3 is 2.59 bits per heavy atom. The van der Waals surface area contributed by atoms with Crippen molar-refractivity contribution in [3.8, 4) is 5.88 Å². The minimum Gasteiger partial charge on any atom is -0.360 e. The van der Waals surface area contributed by atoms with E-state index in [9.17, 15) is 16.8 Å². The maximum atomic E-state index is 11.9. The van der Waals surface area contributed by atoms with E-state index in [1.54, 1.807) is 0 Å². The van der Waals surface area contributed by atoms with Crippen LogP contribution < -0.4 is 4.18 Å². The molecule has 1 aromatic heterocycles. The van der Waals surface area contributed by atoms with E-state index in [2.05, 4.69) is 4.98 Å². The molecule has 1 saturated heterocycles. The van der Waals surface area contributed by atoms with Gasteiger partial charge in [0.25, 0.3) is 16.0 Å². The molecule has 154 valence electrons. The molecule has 27 heavy (non-hydrogen) atoms. The van der Waals surface area contributed by atoms with Crippen molar-refractivity contribution in [2.24, 2.45) is 0 Å². The van der Waals surface area contributed by atoms with Gasteiger partial charge in [-0.2, -0.15) is 16.8 Å². The molecule has 0 spiro atoms. The van der Waals surface area contributed by atoms with Gasteiger partial charge in [-0.1, -0.05) is 11.6 Å². The van der Waals surface area contributed by atoms with Crippen molar-refractivity contribution in [2.45, 2.75) is 45.0 Å². The van der Waals surface area contributed by atoms with E-state index in [1.807, 2.05) is 0 Å². The molecular weight excluding hydrogens is 422 g/mol. The average molecular weight is 444 g/mol. The number of unbranched alkanes of at least 4 members (excludes halogenated alkanes) is 1. The zero-order valence-electron chi connectivity index (χ0n) is 14.5. The predicted molar refractivity (Wildman–Crippen MR) is 97.7 cm³/mol. The van der Waals surface area contributed by atoms with Gasteiger partial charge in [0.1, 0.15) is 5.02 Å². The number of hydrogen-bond donors (Lipinski definition) is 1. The van der Waals surface area contributed by atoms with Crippen molar-refractivity contribution in [1.82, 2.24) is 4.98 Å². The van der Waals surface area contributed by atoms with Gasteiger partial charge in [-0.05, 0) is 43.7 Å². The largest absolute Gasteiger partial charge is 0.360 e. The van der Waals surface area contributed by atoms with Crippen LogP contribution in [0.3, 0.4) is 0 Å². The number of halogens is 1. The van der Waals surface area contributed by atoms with Crippen LogP contribution in [-0.2, 0) is 36.3 Å². The summed E-state index contributed by atoms with van der Waals surface area (Å²) in [5, 5.41) is 0.0159. The quantitative estimate of drug-likeness (QED) is 0.328. The highest BCUT2D eigenvalue weighted by Crippen LogP contribution is 2.25. The Morgan fingerprint density at radius 2 is 1.96 bits per heavy atom. The minimum atomic E-state index is -4.12. The van der Waals surface area contributed by atoms with Gasteiger partial charge in [-0.3, -0.25) is 4.55 Å². The van der Waals surface area contributed by atoms with E-state index in [-0.39, 0.29) is 36.6 Å². The first-order valence-electron chi connectivity index (χ1n) is 8.39. The third-order valence-electron chi connectivity index (χ3n) is 3.69. The third kappa shape index (κ3) is 8.71. The Bertz CT molecular complexity index is 822. The molecule has 9 nitrogen and oxygen atoms in total. The summed E-state index contributed by atoms with van der Waals surface area (Å²) >= 11 is 6.03. The van der Waals surface area contributed by atoms with Crippen LogP contribution in [0, 0.1) is 0 Å². The van der Waals surface area contributed by atoms with Gasteiger partial charge in [-0.15, -0.1) is 0 Å². The fraction of sp³-hybridized carbons (Fsp3) is 0.667. The van der Waals surface area contributed by atoms with E-state index >= 15 is 0 Å². The normalized spacial score (nSPS) is 18.4. The molecule has 2 heterocycles. The third-order valence-corrected chi connectivity index (χ3v) is 5.97. The predicted octanol–water partition coefficient (Wildman–Crippen LogP) is 2.15. The molecule has 0 bridgehead atoms. The SMILES string of the molecule is O=S(=O)(O)CCCCS(=O)(=O)Oc1ncc(COC2CCCCO2)cc1Cl. The van der Waals surface area contributed by atoms with Crippen LogP contribution in [0.15, 0.2) is 12.3 Å². The molecular formula is C15H22ClNO8S2. The molecule has 12 heteroatoms. The van der Waals surface area contributed by atoms with Crippen molar-refractivity contribution in [3.05, 3.63) is 22.8 Å². The maximum absolute atomic E-state index is 11.9. The molecule has 0 saturated carbocycles. The monoisotopic (exact) mass is 443 g/mol. The minimum absolute atomic E-state index is 0.00700. The molecule has 0 aliphatic carbocycles. The fourth-order valence-electron chi connectivity index (χ4n) is 2.36. The molecule has 1 aliphatic heterocycles. The maximum Gasteiger partial charge on any atom is 0.310 e. The van der Waals surface area contributed by atoms with Crippen LogP contribution in [0.2, 0.25) is 5.02 Å². The van der Waals surface area contributed by atoms with E-state index in [0.29, 0.717) is 12.2 Å². The highest BCUT2D eigenvalue weighted by atomic mass is 35.5. The van der Waals surface area contributed by atoms with E-state index in [4.69, 9.17) is 29.8 Å². The van der Waals surface area contributed by atoms with Crippen molar-refractivity contribution in [3.63, 3.8) is 0 Å². The van der Waals surface area contributed by atoms with Crippen molar-refractivity contribution in [1.29, 1.82) is 0 Å². The topological polar surface area (TPSA) is 129 Å². The van der Waals surface area contributed by atoms with Crippen molar-refractivity contribution >= 4 is 31.8 Å². The summed E-state index contributed by atoms with van der Waals surface area (Å²) in [5.74, 6) is -1.20. The number of pyridine rings is 1. The van der Waals surface area contributed by atoms with E-state index < -0.39 is 31.7 Å². The van der Waals surface area contributed by atoms with E-state index in [0.717, 1.165) is 19.3 Å². The van der Waals surface area contributed by atoms with Crippen LogP contribution >= 0.6 is 11.6 Å². The first-order chi connectivity index (χ1) is 12.6. The Morgan fingerprint density at radius 1 is 1.22 bits per heavy atom. The molecule has 0 aromatic carbocycles. The lowest BCUT2D eigenvalue weighted by molar-refractivity contribution is -0.168. The van der Waals surface area contributed by atoms with Crippen LogP contribution in [-0.4, -0.2) is 50.8 Å². The Kier molecular flexibility index (Phi) is 8.25. The molecule has 1 fully saturated rings. The van der Waals surface area contributed by atoms with Gasteiger partial charge in [0.2, 0.25) is 0 Å². The highest BCUT2D eigenvalue weighted by molar-refractivity contribution is 7.87. The second-order valence-corrected chi connectivity index (χ2v) is 9.75. The smallest absolute Gasteiger partial charge is 0.310 e. The average Bonchev–Trinajstić information content (AvgIpc) is 2.59. The molecule has 1 N–H and O–H groups in total. The number of nitrogens with zero attached hydrogens (tertiary/aromatic N) is 1. The van der Waals surface area contributed by atoms with Gasteiger partial charge in [0, 0.05) is 12.8 Å². The fourth-order valence-corrected chi connectivity index (χ4v) is 4.22. The molecule has 0 radical (unpaired) electrons. The number of ether oxygens (including phenoxy) is 2. The lowest BCUT2D eigenvalue weighted by Gasteiger charge is -2.22. The molecule has 2 rings (SSSR count). The van der Waals surface area contributed by atoms with Gasteiger partial charge in [0.05, 0.1) is 18.1 Å². The number of aromatic nitrogens is 1. The zero-order chi connectivity index (χ0) is 19.9. The van der Waals surface area contributed by atoms with Crippen LogP contribution in [0.4, 0.5) is 0 Å². The Labute approximate surface area is 163 Å². The van der Waals surface area contributed by atoms with E-state index in [1.165, 1.54) is 12.3 Å². The molecule has 1 unspecified atom stereocenters. The zero-order valence-corrected chi connectivity index (χ0v) is 16.9. The summed E-state index contributed by atoms with van der Waals surface area (Å²) in [4.78, 5) is 3.90. The summed E-state index contributed by atoms with van der Waals surface area (Å²) in [6.07, 6.45) is 4.00. The first-order valence-corrected chi connectivity index (χ1v) is 12.0. The second kappa shape index (κ2) is 9.99. The van der Waals surface area contributed by atoms with Crippen molar-refractivity contribution in [2.75, 3.05) is 18.1 Å². The number of hydrogen-bond acceptors (Lipinski definition) is 8. The number of rotatable bonds is 10. The summed E-state index contributed by atoms with van der Waals surface area (Å²) < 4.78 is 69.6. The standard InChI is InChI=1S/C15H22ClNO8S2/c16-13-9-12(11-24-14-5-1-2-6-23-14)10-17-15(13)25-27(21,22)8-4-3-7-26(18,19)20/h9-10,14H,1-8,11H2,(H,18,19,20). The Balaban J connectivity index is 1.84. The van der Waals surface area contributed by atoms with Crippen molar-refractivity contribution < 1.29 is 35.0 Å². The van der Waals surface area contributed by atoms with Gasteiger partial charge in [-0.25, -0.2) is 4.98 Å². The van der Waals surface area contributed by atoms with Crippen LogP contribution in [0.5, 0.6) is 5.88 Å². The first kappa shape index (κ1) is 22.3. The lowest BCUT2D eigenvalue weighted by atomic mass is 10.2. The second-order valence-electron chi connectivity index (χ2n) is 6.08. The molecule has 1 aromatic rings. The lowest BCUT2D eigenvalue weighted by Crippen LogP contribution is -2.22.